The Morgan fingerprint density at radius 3 is 3.00 bits per heavy atom. The average Bonchev–Trinajstić information content (AvgIpc) is 2.03. The van der Waals surface area contributed by atoms with Gasteiger partial charge in [0.1, 0.15) is 6.04 Å². The number of ether oxygens (including phenoxy) is 1. The van der Waals surface area contributed by atoms with Crippen LogP contribution in [0.4, 0.5) is 0 Å². The van der Waals surface area contributed by atoms with Crippen LogP contribution in [0.1, 0.15) is 19.3 Å². The van der Waals surface area contributed by atoms with E-state index in [1.54, 1.807) is 0 Å². The summed E-state index contributed by atoms with van der Waals surface area (Å²) in [4.78, 5) is 21.7. The van der Waals surface area contributed by atoms with E-state index in [0.29, 0.717) is 12.8 Å². The van der Waals surface area contributed by atoms with E-state index < -0.39 is 6.04 Å². The zero-order valence-electron chi connectivity index (χ0n) is 6.42. The van der Waals surface area contributed by atoms with E-state index in [-0.39, 0.29) is 11.9 Å². The van der Waals surface area contributed by atoms with Gasteiger partial charge in [0.15, 0.2) is 0 Å². The lowest BCUT2D eigenvalue weighted by molar-refractivity contribution is -0.146. The first-order chi connectivity index (χ1) is 5.24. The summed E-state index contributed by atoms with van der Waals surface area (Å²) >= 11 is 0. The number of piperidine rings is 1. The molecule has 0 spiro atoms. The summed E-state index contributed by atoms with van der Waals surface area (Å²) in [5.41, 5.74) is 0. The molecule has 1 saturated heterocycles. The number of hydrogen-bond donors (Lipinski definition) is 1. The topological polar surface area (TPSA) is 55.4 Å². The van der Waals surface area contributed by atoms with Crippen molar-refractivity contribution in [2.45, 2.75) is 25.3 Å². The maximum atomic E-state index is 10.9. The summed E-state index contributed by atoms with van der Waals surface area (Å²) in [6.45, 7) is 0. The zero-order valence-corrected chi connectivity index (χ0v) is 6.42. The molecule has 1 atom stereocenters. The summed E-state index contributed by atoms with van der Waals surface area (Å²) < 4.78 is 4.48. The number of carbonyl (C=O) groups is 2. The lowest BCUT2D eigenvalue weighted by atomic mass is 10.1. The number of nitrogens with one attached hydrogen (secondary N) is 1. The minimum absolute atomic E-state index is 0.0633. The number of amides is 1. The Bertz CT molecular complexity index is 179. The summed E-state index contributed by atoms with van der Waals surface area (Å²) in [5, 5.41) is 2.55. The second-order valence-corrected chi connectivity index (χ2v) is 2.54. The molecule has 0 bridgehead atoms. The van der Waals surface area contributed by atoms with Gasteiger partial charge in [0.2, 0.25) is 5.91 Å². The van der Waals surface area contributed by atoms with Gasteiger partial charge in [-0.3, -0.25) is 4.79 Å². The molecular weight excluding hydrogens is 146 g/mol. The maximum absolute atomic E-state index is 10.9. The molecule has 1 N–H and O–H groups in total. The molecule has 1 unspecified atom stereocenters. The van der Waals surface area contributed by atoms with Crippen molar-refractivity contribution in [3.8, 4) is 0 Å². The normalized spacial score (nSPS) is 24.1. The van der Waals surface area contributed by atoms with Gasteiger partial charge in [0.05, 0.1) is 7.11 Å². The predicted octanol–water partition coefficient (Wildman–Crippen LogP) is -0.172. The number of rotatable bonds is 1. The second kappa shape index (κ2) is 3.37. The number of esters is 1. The fraction of sp³-hybridized carbons (Fsp3) is 0.714. The van der Waals surface area contributed by atoms with Gasteiger partial charge in [-0.15, -0.1) is 0 Å². The molecule has 0 aromatic carbocycles. The van der Waals surface area contributed by atoms with Crippen LogP contribution in [-0.4, -0.2) is 25.0 Å². The highest BCUT2D eigenvalue weighted by atomic mass is 16.5. The number of carbonyl (C=O) groups excluding carboxylic acids is 2. The Labute approximate surface area is 64.9 Å². The first-order valence-electron chi connectivity index (χ1n) is 3.61. The molecule has 4 nitrogen and oxygen atoms in total. The molecular formula is C7H11NO3. The minimum Gasteiger partial charge on any atom is -0.467 e. The van der Waals surface area contributed by atoms with Crippen LogP contribution in [0.5, 0.6) is 0 Å². The lowest BCUT2D eigenvalue weighted by Crippen LogP contribution is -2.44. The lowest BCUT2D eigenvalue weighted by Gasteiger charge is -2.20. The standard InChI is InChI=1S/C7H11NO3/c1-11-7(10)5-3-2-4-6(9)8-5/h5H,2-4H2,1H3,(H,8,9). The maximum Gasteiger partial charge on any atom is 0.328 e. The average molecular weight is 157 g/mol. The van der Waals surface area contributed by atoms with E-state index in [0.717, 1.165) is 6.42 Å². The highest BCUT2D eigenvalue weighted by Gasteiger charge is 2.24. The Kier molecular flexibility index (Phi) is 2.46. The fourth-order valence-corrected chi connectivity index (χ4v) is 1.12. The van der Waals surface area contributed by atoms with Crippen LogP contribution in [-0.2, 0) is 14.3 Å². The predicted molar refractivity (Wildman–Crippen MR) is 37.8 cm³/mol. The van der Waals surface area contributed by atoms with Gasteiger partial charge in [-0.1, -0.05) is 0 Å². The third kappa shape index (κ3) is 1.93. The van der Waals surface area contributed by atoms with E-state index in [1.165, 1.54) is 7.11 Å². The quantitative estimate of drug-likeness (QED) is 0.537. The van der Waals surface area contributed by atoms with Crippen LogP contribution in [0, 0.1) is 0 Å². The van der Waals surface area contributed by atoms with E-state index in [4.69, 9.17) is 0 Å². The first kappa shape index (κ1) is 8.04. The Morgan fingerprint density at radius 1 is 1.73 bits per heavy atom. The molecule has 1 fully saturated rings. The molecule has 62 valence electrons. The highest BCUT2D eigenvalue weighted by Crippen LogP contribution is 2.08. The molecule has 0 saturated carbocycles. The van der Waals surface area contributed by atoms with Crippen molar-refractivity contribution in [1.82, 2.24) is 5.32 Å². The van der Waals surface area contributed by atoms with Gasteiger partial charge in [-0.2, -0.15) is 0 Å². The largest absolute Gasteiger partial charge is 0.467 e. The van der Waals surface area contributed by atoms with Crippen LogP contribution in [0.25, 0.3) is 0 Å². The molecule has 0 radical (unpaired) electrons. The number of methoxy groups -OCH3 is 1. The summed E-state index contributed by atoms with van der Waals surface area (Å²) in [5.74, 6) is -0.412. The van der Waals surface area contributed by atoms with E-state index >= 15 is 0 Å². The molecule has 0 aromatic rings. The first-order valence-corrected chi connectivity index (χ1v) is 3.61. The van der Waals surface area contributed by atoms with Crippen molar-refractivity contribution in [2.75, 3.05) is 7.11 Å². The molecule has 0 aliphatic carbocycles. The van der Waals surface area contributed by atoms with Gasteiger partial charge in [0.25, 0.3) is 0 Å². The molecule has 1 aliphatic rings. The van der Waals surface area contributed by atoms with Crippen molar-refractivity contribution in [3.63, 3.8) is 0 Å². The Balaban J connectivity index is 2.45. The minimum atomic E-state index is -0.416. The van der Waals surface area contributed by atoms with E-state index in [9.17, 15) is 9.59 Å². The van der Waals surface area contributed by atoms with Crippen molar-refractivity contribution in [1.29, 1.82) is 0 Å². The Morgan fingerprint density at radius 2 is 2.45 bits per heavy atom. The summed E-state index contributed by atoms with van der Waals surface area (Å²) in [6, 6.07) is -0.416. The van der Waals surface area contributed by atoms with Crippen molar-refractivity contribution < 1.29 is 14.3 Å². The molecule has 1 amide bonds. The second-order valence-electron chi connectivity index (χ2n) is 2.54. The highest BCUT2D eigenvalue weighted by molar-refractivity contribution is 5.85. The van der Waals surface area contributed by atoms with Crippen LogP contribution in [0.2, 0.25) is 0 Å². The SMILES string of the molecule is COC(=O)C1CCCC(=O)N1. The van der Waals surface area contributed by atoms with Gasteiger partial charge in [-0.25, -0.2) is 4.79 Å². The summed E-state index contributed by atoms with van der Waals surface area (Å²) in [6.07, 6.45) is 1.98. The molecule has 11 heavy (non-hydrogen) atoms. The molecule has 4 heteroatoms. The van der Waals surface area contributed by atoms with E-state index in [1.807, 2.05) is 0 Å². The van der Waals surface area contributed by atoms with Crippen molar-refractivity contribution in [3.05, 3.63) is 0 Å². The molecule has 1 aliphatic heterocycles. The number of hydrogen-bond acceptors (Lipinski definition) is 3. The smallest absolute Gasteiger partial charge is 0.328 e. The van der Waals surface area contributed by atoms with Gasteiger partial charge < -0.3 is 10.1 Å². The van der Waals surface area contributed by atoms with Crippen LogP contribution >= 0.6 is 0 Å². The molecule has 1 heterocycles. The monoisotopic (exact) mass is 157 g/mol. The van der Waals surface area contributed by atoms with Gasteiger partial charge >= 0.3 is 5.97 Å². The van der Waals surface area contributed by atoms with Gasteiger partial charge in [0, 0.05) is 6.42 Å². The van der Waals surface area contributed by atoms with Gasteiger partial charge in [-0.05, 0) is 12.8 Å². The summed E-state index contributed by atoms with van der Waals surface area (Å²) in [7, 11) is 1.32. The third-order valence-corrected chi connectivity index (χ3v) is 1.72. The van der Waals surface area contributed by atoms with Crippen molar-refractivity contribution >= 4 is 11.9 Å². The molecule has 0 aromatic heterocycles. The third-order valence-electron chi connectivity index (χ3n) is 1.72. The Hall–Kier alpha value is -1.06. The van der Waals surface area contributed by atoms with Crippen LogP contribution < -0.4 is 5.32 Å². The van der Waals surface area contributed by atoms with E-state index in [2.05, 4.69) is 10.1 Å². The van der Waals surface area contributed by atoms with Crippen molar-refractivity contribution in [2.24, 2.45) is 0 Å². The molecule has 1 rings (SSSR count). The fourth-order valence-electron chi connectivity index (χ4n) is 1.12. The zero-order chi connectivity index (χ0) is 8.27. The van der Waals surface area contributed by atoms with Crippen LogP contribution in [0.15, 0.2) is 0 Å². The van der Waals surface area contributed by atoms with Crippen LogP contribution in [0.3, 0.4) is 0 Å².